The standard InChI is InChI=1S/C18H23N2O/c1-13(11-12-20(2)3)17(18(19)21)16-10-6-8-14-7-4-5-9-15(14)16/h4-10,13,17H,1,11-12H2,2-3H3,(H2,19,21). The summed E-state index contributed by atoms with van der Waals surface area (Å²) >= 11 is 0. The molecule has 2 unspecified atom stereocenters. The summed E-state index contributed by atoms with van der Waals surface area (Å²) in [5, 5.41) is 2.21. The maximum absolute atomic E-state index is 12.0. The van der Waals surface area contributed by atoms with Crippen LogP contribution in [0.2, 0.25) is 0 Å². The van der Waals surface area contributed by atoms with E-state index in [0.717, 1.165) is 29.3 Å². The van der Waals surface area contributed by atoms with Crippen molar-refractivity contribution in [2.45, 2.75) is 12.3 Å². The highest BCUT2D eigenvalue weighted by molar-refractivity contribution is 5.92. The van der Waals surface area contributed by atoms with Crippen molar-refractivity contribution >= 4 is 16.7 Å². The zero-order valence-corrected chi connectivity index (χ0v) is 12.8. The van der Waals surface area contributed by atoms with E-state index in [1.165, 1.54) is 0 Å². The van der Waals surface area contributed by atoms with Crippen molar-refractivity contribution in [2.24, 2.45) is 11.7 Å². The molecule has 0 aliphatic rings. The summed E-state index contributed by atoms with van der Waals surface area (Å²) in [6.45, 7) is 5.08. The third-order valence-electron chi connectivity index (χ3n) is 3.88. The fourth-order valence-electron chi connectivity index (χ4n) is 2.75. The number of hydrogen-bond acceptors (Lipinski definition) is 2. The molecule has 0 heterocycles. The number of rotatable bonds is 6. The molecule has 3 heteroatoms. The SMILES string of the molecule is [CH2]C(CCN(C)C)C(C(N)=O)c1cccc2ccccc12. The Morgan fingerprint density at radius 3 is 2.52 bits per heavy atom. The van der Waals surface area contributed by atoms with Gasteiger partial charge in [-0.15, -0.1) is 0 Å². The molecule has 2 N–H and O–H groups in total. The van der Waals surface area contributed by atoms with Gasteiger partial charge in [0.05, 0.1) is 5.92 Å². The maximum atomic E-state index is 12.0. The number of hydrogen-bond donors (Lipinski definition) is 1. The van der Waals surface area contributed by atoms with Gasteiger partial charge in [0.2, 0.25) is 5.91 Å². The fourth-order valence-corrected chi connectivity index (χ4v) is 2.75. The summed E-state index contributed by atoms with van der Waals surface area (Å²) in [5.41, 5.74) is 6.66. The van der Waals surface area contributed by atoms with E-state index in [0.29, 0.717) is 0 Å². The maximum Gasteiger partial charge on any atom is 0.225 e. The molecule has 2 aromatic rings. The van der Waals surface area contributed by atoms with Gasteiger partial charge in [0.1, 0.15) is 0 Å². The molecule has 21 heavy (non-hydrogen) atoms. The minimum atomic E-state index is -0.351. The normalized spacial score (nSPS) is 14.3. The van der Waals surface area contributed by atoms with Crippen LogP contribution in [0.1, 0.15) is 17.9 Å². The number of nitrogens with two attached hydrogens (primary N) is 1. The predicted octanol–water partition coefficient (Wildman–Crippen LogP) is 2.81. The van der Waals surface area contributed by atoms with Crippen molar-refractivity contribution in [3.8, 4) is 0 Å². The molecular formula is C18H23N2O. The van der Waals surface area contributed by atoms with Crippen LogP contribution in [0, 0.1) is 12.8 Å². The van der Waals surface area contributed by atoms with E-state index in [2.05, 4.69) is 24.0 Å². The second-order valence-corrected chi connectivity index (χ2v) is 5.80. The molecule has 3 nitrogen and oxygen atoms in total. The fraction of sp³-hybridized carbons (Fsp3) is 0.333. The van der Waals surface area contributed by atoms with Gasteiger partial charge in [0, 0.05) is 0 Å². The van der Waals surface area contributed by atoms with Gasteiger partial charge in [-0.25, -0.2) is 0 Å². The first-order valence-electron chi connectivity index (χ1n) is 7.25. The van der Waals surface area contributed by atoms with Crippen molar-refractivity contribution in [3.05, 3.63) is 55.0 Å². The Morgan fingerprint density at radius 2 is 1.86 bits per heavy atom. The van der Waals surface area contributed by atoms with Crippen LogP contribution in [-0.2, 0) is 4.79 Å². The van der Waals surface area contributed by atoms with Crippen molar-refractivity contribution in [3.63, 3.8) is 0 Å². The number of nitrogens with zero attached hydrogens (tertiary/aromatic N) is 1. The minimum Gasteiger partial charge on any atom is -0.369 e. The van der Waals surface area contributed by atoms with Crippen molar-refractivity contribution in [1.29, 1.82) is 0 Å². The largest absolute Gasteiger partial charge is 0.369 e. The molecule has 2 aromatic carbocycles. The third-order valence-corrected chi connectivity index (χ3v) is 3.88. The highest BCUT2D eigenvalue weighted by Gasteiger charge is 2.26. The number of amides is 1. The zero-order valence-electron chi connectivity index (χ0n) is 12.8. The molecule has 0 saturated carbocycles. The van der Waals surface area contributed by atoms with E-state index < -0.39 is 0 Å². The lowest BCUT2D eigenvalue weighted by Gasteiger charge is -2.24. The lowest BCUT2D eigenvalue weighted by Crippen LogP contribution is -2.29. The van der Waals surface area contributed by atoms with Crippen LogP contribution in [0.25, 0.3) is 10.8 Å². The van der Waals surface area contributed by atoms with Gasteiger partial charge >= 0.3 is 0 Å². The Balaban J connectivity index is 2.39. The molecule has 0 bridgehead atoms. The zero-order chi connectivity index (χ0) is 15.4. The Labute approximate surface area is 126 Å². The molecule has 2 atom stereocenters. The van der Waals surface area contributed by atoms with Gasteiger partial charge in [-0.3, -0.25) is 4.79 Å². The van der Waals surface area contributed by atoms with Crippen molar-refractivity contribution in [1.82, 2.24) is 4.90 Å². The molecule has 1 radical (unpaired) electrons. The number of carbonyl (C=O) groups excluding carboxylic acids is 1. The molecular weight excluding hydrogens is 260 g/mol. The summed E-state index contributed by atoms with van der Waals surface area (Å²) in [5.74, 6) is -0.683. The number of primary amides is 1. The Kier molecular flexibility index (Phi) is 4.97. The van der Waals surface area contributed by atoms with E-state index in [-0.39, 0.29) is 17.7 Å². The highest BCUT2D eigenvalue weighted by atomic mass is 16.1. The lowest BCUT2D eigenvalue weighted by atomic mass is 9.82. The Morgan fingerprint density at radius 1 is 1.19 bits per heavy atom. The van der Waals surface area contributed by atoms with Gasteiger partial charge in [0.25, 0.3) is 0 Å². The number of carbonyl (C=O) groups is 1. The summed E-state index contributed by atoms with van der Waals surface area (Å²) < 4.78 is 0. The van der Waals surface area contributed by atoms with Crippen LogP contribution in [-0.4, -0.2) is 31.4 Å². The second-order valence-electron chi connectivity index (χ2n) is 5.80. The van der Waals surface area contributed by atoms with Gasteiger partial charge in [-0.2, -0.15) is 0 Å². The quantitative estimate of drug-likeness (QED) is 0.886. The summed E-state index contributed by atoms with van der Waals surface area (Å²) in [6, 6.07) is 14.1. The number of fused-ring (bicyclic) bond motifs is 1. The summed E-state index contributed by atoms with van der Waals surface area (Å²) in [6.07, 6.45) is 0.837. The molecule has 0 spiro atoms. The average molecular weight is 283 g/mol. The van der Waals surface area contributed by atoms with E-state index in [9.17, 15) is 4.79 Å². The Bertz CT molecular complexity index is 616. The molecule has 0 aliphatic heterocycles. The summed E-state index contributed by atoms with van der Waals surface area (Å²) in [7, 11) is 4.04. The van der Waals surface area contributed by atoms with Crippen LogP contribution < -0.4 is 5.73 Å². The first kappa shape index (κ1) is 15.5. The average Bonchev–Trinajstić information content (AvgIpc) is 2.45. The van der Waals surface area contributed by atoms with E-state index in [1.54, 1.807) is 0 Å². The van der Waals surface area contributed by atoms with Gasteiger partial charge in [-0.05, 0) is 56.2 Å². The third kappa shape index (κ3) is 3.61. The predicted molar refractivity (Wildman–Crippen MR) is 87.9 cm³/mol. The van der Waals surface area contributed by atoms with E-state index in [4.69, 9.17) is 5.73 Å². The van der Waals surface area contributed by atoms with Gasteiger partial charge in [-0.1, -0.05) is 42.5 Å². The molecule has 0 aromatic heterocycles. The smallest absolute Gasteiger partial charge is 0.225 e. The Hall–Kier alpha value is -1.87. The second kappa shape index (κ2) is 6.72. The minimum absolute atomic E-state index is 0.0318. The van der Waals surface area contributed by atoms with Crippen LogP contribution in [0.5, 0.6) is 0 Å². The van der Waals surface area contributed by atoms with Crippen molar-refractivity contribution < 1.29 is 4.79 Å². The van der Waals surface area contributed by atoms with Crippen LogP contribution in [0.15, 0.2) is 42.5 Å². The van der Waals surface area contributed by atoms with Crippen LogP contribution in [0.3, 0.4) is 0 Å². The molecule has 0 fully saturated rings. The van der Waals surface area contributed by atoms with Gasteiger partial charge in [0.15, 0.2) is 0 Å². The van der Waals surface area contributed by atoms with E-state index >= 15 is 0 Å². The van der Waals surface area contributed by atoms with Gasteiger partial charge < -0.3 is 10.6 Å². The lowest BCUT2D eigenvalue weighted by molar-refractivity contribution is -0.120. The molecule has 2 rings (SSSR count). The molecule has 0 saturated heterocycles. The first-order valence-corrected chi connectivity index (χ1v) is 7.25. The van der Waals surface area contributed by atoms with E-state index in [1.807, 2.05) is 44.4 Å². The summed E-state index contributed by atoms with van der Waals surface area (Å²) in [4.78, 5) is 14.1. The molecule has 111 valence electrons. The molecule has 1 amide bonds. The topological polar surface area (TPSA) is 46.3 Å². The van der Waals surface area contributed by atoms with Crippen LogP contribution >= 0.6 is 0 Å². The van der Waals surface area contributed by atoms with Crippen LogP contribution in [0.4, 0.5) is 0 Å². The monoisotopic (exact) mass is 283 g/mol. The number of benzene rings is 2. The molecule has 0 aliphatic carbocycles. The first-order chi connectivity index (χ1) is 10.0. The highest BCUT2D eigenvalue weighted by Crippen LogP contribution is 2.32. The van der Waals surface area contributed by atoms with Crippen molar-refractivity contribution in [2.75, 3.05) is 20.6 Å².